The molecule has 0 aliphatic rings. The predicted octanol–water partition coefficient (Wildman–Crippen LogP) is 2.19. The highest BCUT2D eigenvalue weighted by atomic mass is 16.5. The number of ether oxygens (including phenoxy) is 1. The van der Waals surface area contributed by atoms with E-state index in [0.717, 1.165) is 11.4 Å². The summed E-state index contributed by atoms with van der Waals surface area (Å²) in [6.07, 6.45) is 0. The minimum atomic E-state index is 0.185. The van der Waals surface area contributed by atoms with Crippen molar-refractivity contribution in [2.75, 3.05) is 5.73 Å². The highest BCUT2D eigenvalue weighted by Gasteiger charge is 2.18. The van der Waals surface area contributed by atoms with Crippen LogP contribution in [0.1, 0.15) is 31.3 Å². The van der Waals surface area contributed by atoms with Crippen molar-refractivity contribution in [3.8, 4) is 11.8 Å². The van der Waals surface area contributed by atoms with Gasteiger partial charge in [-0.3, -0.25) is 0 Å². The molecule has 0 spiro atoms. The number of nitrogen functional groups attached to an aromatic ring is 1. The minimum absolute atomic E-state index is 0.185. The second kappa shape index (κ2) is 4.36. The quantitative estimate of drug-likeness (QED) is 0.905. The number of nitrogens with zero attached hydrogens (tertiary/aromatic N) is 4. The Morgan fingerprint density at radius 2 is 1.94 bits per heavy atom. The molecule has 0 amide bonds. The zero-order valence-corrected chi connectivity index (χ0v) is 11.4. The molecule has 6 heteroatoms. The van der Waals surface area contributed by atoms with Gasteiger partial charge in [0.15, 0.2) is 0 Å². The fourth-order valence-electron chi connectivity index (χ4n) is 1.77. The Hall–Kier alpha value is -1.98. The lowest BCUT2D eigenvalue weighted by atomic mass is 10.4. The van der Waals surface area contributed by atoms with Crippen molar-refractivity contribution >= 4 is 5.69 Å². The Balaban J connectivity index is 2.42. The third-order valence-electron chi connectivity index (χ3n) is 2.74. The molecule has 0 bridgehead atoms. The molecule has 0 fully saturated rings. The molecule has 2 heterocycles. The van der Waals surface area contributed by atoms with Gasteiger partial charge in [0.2, 0.25) is 11.8 Å². The van der Waals surface area contributed by atoms with Crippen molar-refractivity contribution < 1.29 is 4.74 Å². The fourth-order valence-corrected chi connectivity index (χ4v) is 1.77. The average molecular weight is 249 g/mol. The van der Waals surface area contributed by atoms with Crippen LogP contribution in [0.3, 0.4) is 0 Å². The number of nitrogens with two attached hydrogens (primary N) is 1. The highest BCUT2D eigenvalue weighted by molar-refractivity contribution is 5.53. The third kappa shape index (κ3) is 2.05. The van der Waals surface area contributed by atoms with Crippen LogP contribution in [0.5, 0.6) is 11.8 Å². The summed E-state index contributed by atoms with van der Waals surface area (Å²) < 4.78 is 9.32. The number of aromatic nitrogens is 4. The molecule has 2 rings (SSSR count). The van der Waals surface area contributed by atoms with Crippen LogP contribution in [0.2, 0.25) is 0 Å². The van der Waals surface area contributed by atoms with Crippen LogP contribution >= 0.6 is 0 Å². The van der Waals surface area contributed by atoms with Gasteiger partial charge in [0.25, 0.3) is 0 Å². The van der Waals surface area contributed by atoms with Crippen molar-refractivity contribution in [1.82, 2.24) is 19.6 Å². The second-order valence-corrected chi connectivity index (χ2v) is 4.69. The smallest absolute Gasteiger partial charge is 0.243 e. The molecule has 0 aliphatic heterocycles. The van der Waals surface area contributed by atoms with E-state index < -0.39 is 0 Å². The van der Waals surface area contributed by atoms with E-state index in [1.807, 2.05) is 40.8 Å². The highest BCUT2D eigenvalue weighted by Crippen LogP contribution is 2.32. The summed E-state index contributed by atoms with van der Waals surface area (Å²) in [6, 6.07) is 2.05. The zero-order valence-electron chi connectivity index (χ0n) is 11.4. The van der Waals surface area contributed by atoms with E-state index >= 15 is 0 Å². The molecule has 6 nitrogen and oxygen atoms in total. The first kappa shape index (κ1) is 12.5. The van der Waals surface area contributed by atoms with Crippen LogP contribution in [0, 0.1) is 13.8 Å². The molecule has 0 saturated carbocycles. The predicted molar refractivity (Wildman–Crippen MR) is 69.8 cm³/mol. The van der Waals surface area contributed by atoms with E-state index in [1.165, 1.54) is 0 Å². The van der Waals surface area contributed by atoms with Crippen molar-refractivity contribution in [1.29, 1.82) is 0 Å². The summed E-state index contributed by atoms with van der Waals surface area (Å²) >= 11 is 0. The second-order valence-electron chi connectivity index (χ2n) is 4.69. The molecular formula is C12H19N5O. The maximum absolute atomic E-state index is 6.01. The largest absolute Gasteiger partial charge is 0.419 e. The van der Waals surface area contributed by atoms with Crippen LogP contribution in [-0.2, 0) is 7.05 Å². The van der Waals surface area contributed by atoms with Gasteiger partial charge in [0, 0.05) is 13.1 Å². The summed E-state index contributed by atoms with van der Waals surface area (Å²) in [5, 5.41) is 8.62. The topological polar surface area (TPSA) is 70.9 Å². The first-order chi connectivity index (χ1) is 8.40. The van der Waals surface area contributed by atoms with Crippen LogP contribution in [-0.4, -0.2) is 19.6 Å². The number of hydrogen-bond acceptors (Lipinski definition) is 4. The number of aryl methyl sites for hydroxylation is 3. The molecule has 0 saturated heterocycles. The van der Waals surface area contributed by atoms with Crippen molar-refractivity contribution in [2.24, 2.45) is 7.05 Å². The van der Waals surface area contributed by atoms with E-state index in [9.17, 15) is 0 Å². The Bertz CT molecular complexity index is 567. The molecule has 98 valence electrons. The summed E-state index contributed by atoms with van der Waals surface area (Å²) in [7, 11) is 1.83. The van der Waals surface area contributed by atoms with Gasteiger partial charge in [-0.2, -0.15) is 10.2 Å². The molecule has 18 heavy (non-hydrogen) atoms. The molecule has 0 atom stereocenters. The number of hydrogen-bond donors (Lipinski definition) is 1. The number of rotatable bonds is 3. The van der Waals surface area contributed by atoms with E-state index in [0.29, 0.717) is 17.4 Å². The van der Waals surface area contributed by atoms with Gasteiger partial charge in [-0.15, -0.1) is 0 Å². The Morgan fingerprint density at radius 1 is 1.28 bits per heavy atom. The van der Waals surface area contributed by atoms with Gasteiger partial charge in [-0.05, 0) is 27.7 Å². The minimum Gasteiger partial charge on any atom is -0.419 e. The summed E-state index contributed by atoms with van der Waals surface area (Å²) in [6.45, 7) is 7.86. The monoisotopic (exact) mass is 249 g/mol. The normalized spacial score (nSPS) is 11.2. The maximum Gasteiger partial charge on any atom is 0.243 e. The molecule has 0 aromatic carbocycles. The van der Waals surface area contributed by atoms with Gasteiger partial charge in [0.05, 0.1) is 17.4 Å². The zero-order chi connectivity index (χ0) is 13.4. The number of anilines is 1. The van der Waals surface area contributed by atoms with E-state index in [1.54, 1.807) is 9.36 Å². The average Bonchev–Trinajstić information content (AvgIpc) is 2.73. The first-order valence-corrected chi connectivity index (χ1v) is 5.93. The Kier molecular flexibility index (Phi) is 3.02. The maximum atomic E-state index is 6.01. The molecule has 0 aliphatic carbocycles. The molecule has 2 aromatic rings. The Labute approximate surface area is 106 Å². The van der Waals surface area contributed by atoms with E-state index in [-0.39, 0.29) is 6.04 Å². The van der Waals surface area contributed by atoms with Crippen LogP contribution in [0.15, 0.2) is 6.07 Å². The molecule has 0 radical (unpaired) electrons. The SMILES string of the molecule is Cc1cc(Oc2c(N)c(C)nn2C(C)C)n(C)n1. The van der Waals surface area contributed by atoms with Crippen molar-refractivity contribution in [3.63, 3.8) is 0 Å². The van der Waals surface area contributed by atoms with Gasteiger partial charge in [0.1, 0.15) is 5.69 Å². The molecule has 0 unspecified atom stereocenters. The van der Waals surface area contributed by atoms with Crippen molar-refractivity contribution in [2.45, 2.75) is 33.7 Å². The van der Waals surface area contributed by atoms with Gasteiger partial charge >= 0.3 is 0 Å². The molecule has 2 N–H and O–H groups in total. The lowest BCUT2D eigenvalue weighted by molar-refractivity contribution is 0.364. The van der Waals surface area contributed by atoms with Gasteiger partial charge in [-0.25, -0.2) is 9.36 Å². The first-order valence-electron chi connectivity index (χ1n) is 5.93. The van der Waals surface area contributed by atoms with Gasteiger partial charge in [-0.1, -0.05) is 0 Å². The molecular weight excluding hydrogens is 230 g/mol. The third-order valence-corrected chi connectivity index (χ3v) is 2.74. The molecule has 2 aromatic heterocycles. The fraction of sp³-hybridized carbons (Fsp3) is 0.500. The van der Waals surface area contributed by atoms with Crippen molar-refractivity contribution in [3.05, 3.63) is 17.5 Å². The standard InChI is InChI=1S/C12H19N5O/c1-7(2)17-12(11(13)9(4)15-17)18-10-6-8(3)14-16(10)5/h6-7H,13H2,1-5H3. The lowest BCUT2D eigenvalue weighted by Crippen LogP contribution is -2.07. The lowest BCUT2D eigenvalue weighted by Gasteiger charge is -2.11. The summed E-state index contributed by atoms with van der Waals surface area (Å²) in [4.78, 5) is 0. The van der Waals surface area contributed by atoms with Gasteiger partial charge < -0.3 is 10.5 Å². The van der Waals surface area contributed by atoms with Crippen LogP contribution < -0.4 is 10.5 Å². The summed E-state index contributed by atoms with van der Waals surface area (Å²) in [5.41, 5.74) is 8.26. The van der Waals surface area contributed by atoms with Crippen LogP contribution in [0.25, 0.3) is 0 Å². The summed E-state index contributed by atoms with van der Waals surface area (Å²) in [5.74, 6) is 1.23. The van der Waals surface area contributed by atoms with E-state index in [2.05, 4.69) is 10.2 Å². The van der Waals surface area contributed by atoms with Crippen LogP contribution in [0.4, 0.5) is 5.69 Å². The van der Waals surface area contributed by atoms with E-state index in [4.69, 9.17) is 10.5 Å². The Morgan fingerprint density at radius 3 is 2.44 bits per heavy atom.